The summed E-state index contributed by atoms with van der Waals surface area (Å²) in [6.45, 7) is 5.53. The number of nitrogens with zero attached hydrogens (tertiary/aromatic N) is 2. The van der Waals surface area contributed by atoms with Gasteiger partial charge in [-0.25, -0.2) is 0 Å². The smallest absolute Gasteiger partial charge is 0.255 e. The molecule has 3 aliphatic heterocycles. The maximum atomic E-state index is 13.2. The zero-order valence-electron chi connectivity index (χ0n) is 21.6. The van der Waals surface area contributed by atoms with Gasteiger partial charge < -0.3 is 24.6 Å². The molecule has 0 bridgehead atoms. The van der Waals surface area contributed by atoms with Gasteiger partial charge >= 0.3 is 0 Å². The Morgan fingerprint density at radius 3 is 2.74 bits per heavy atom. The van der Waals surface area contributed by atoms with Gasteiger partial charge in [0.25, 0.3) is 5.91 Å². The van der Waals surface area contributed by atoms with Gasteiger partial charge in [-0.1, -0.05) is 36.9 Å². The van der Waals surface area contributed by atoms with Crippen molar-refractivity contribution in [3.8, 4) is 5.75 Å². The molecule has 2 aromatic carbocycles. The second-order valence-electron chi connectivity index (χ2n) is 8.42. The predicted molar refractivity (Wildman–Crippen MR) is 124 cm³/mol. The summed E-state index contributed by atoms with van der Waals surface area (Å²) in [4.78, 5) is 40.7. The quantitative estimate of drug-likeness (QED) is 0.709. The van der Waals surface area contributed by atoms with Crippen LogP contribution in [-0.4, -0.2) is 53.3 Å². The molecule has 2 aromatic rings. The molecule has 2 saturated heterocycles. The van der Waals surface area contributed by atoms with E-state index in [9.17, 15) is 14.4 Å². The molecule has 8 heteroatoms. The number of morpholine rings is 1. The third-order valence-corrected chi connectivity index (χ3v) is 6.09. The van der Waals surface area contributed by atoms with Crippen LogP contribution < -0.4 is 10.1 Å². The summed E-state index contributed by atoms with van der Waals surface area (Å²) in [5.41, 5.74) is 2.79. The minimum absolute atomic E-state index is 0.00630. The highest BCUT2D eigenvalue weighted by Crippen LogP contribution is 2.34. The highest BCUT2D eigenvalue weighted by Gasteiger charge is 2.39. The Balaban J connectivity index is 1.28. The molecule has 2 fully saturated rings. The summed E-state index contributed by atoms with van der Waals surface area (Å²) in [6.07, 6.45) is -3.70. The average Bonchev–Trinajstić information content (AvgIpc) is 3.20. The van der Waals surface area contributed by atoms with Crippen molar-refractivity contribution in [3.63, 3.8) is 0 Å². The number of piperidine rings is 1. The molecule has 0 aliphatic carbocycles. The van der Waals surface area contributed by atoms with Gasteiger partial charge in [-0.3, -0.25) is 14.4 Å². The number of fused-ring (bicyclic) bond motifs is 1. The van der Waals surface area contributed by atoms with Crippen LogP contribution in [0.2, 0.25) is 0 Å². The summed E-state index contributed by atoms with van der Waals surface area (Å²) >= 11 is 0. The monoisotopic (exact) mass is 464 g/mol. The summed E-state index contributed by atoms with van der Waals surface area (Å²) in [6, 6.07) is 11.3. The third kappa shape index (κ3) is 4.41. The van der Waals surface area contributed by atoms with Crippen molar-refractivity contribution in [3.05, 3.63) is 77.0 Å². The molecule has 34 heavy (non-hydrogen) atoms. The molecule has 8 nitrogen and oxygen atoms in total. The van der Waals surface area contributed by atoms with Crippen LogP contribution in [0.3, 0.4) is 0 Å². The van der Waals surface area contributed by atoms with Crippen LogP contribution >= 0.6 is 0 Å². The van der Waals surface area contributed by atoms with E-state index in [1.165, 1.54) is 4.90 Å². The maximum absolute atomic E-state index is 13.2. The molecule has 1 N–H and O–H groups in total. The number of amides is 3. The molecule has 0 spiro atoms. The first-order chi connectivity index (χ1) is 17.7. The van der Waals surface area contributed by atoms with Crippen LogP contribution in [-0.2, 0) is 34.0 Å². The van der Waals surface area contributed by atoms with Crippen LogP contribution in [0.4, 0.5) is 0 Å². The lowest BCUT2D eigenvalue weighted by Crippen LogP contribution is -2.49. The number of allylic oxidation sites excluding steroid dienone is 1. The Labute approximate surface area is 202 Å². The van der Waals surface area contributed by atoms with E-state index in [4.69, 9.17) is 13.6 Å². The fourth-order valence-corrected chi connectivity index (χ4v) is 4.26. The summed E-state index contributed by atoms with van der Waals surface area (Å²) in [5, 5.41) is 2.44. The van der Waals surface area contributed by atoms with Gasteiger partial charge in [0.05, 0.1) is 13.2 Å². The topological polar surface area (TPSA) is 88.2 Å². The highest BCUT2D eigenvalue weighted by molar-refractivity contribution is 6.02. The van der Waals surface area contributed by atoms with Crippen molar-refractivity contribution in [2.75, 3.05) is 19.8 Å². The van der Waals surface area contributed by atoms with E-state index in [1.807, 2.05) is 24.3 Å². The van der Waals surface area contributed by atoms with E-state index in [-0.39, 0.29) is 31.4 Å². The van der Waals surface area contributed by atoms with Gasteiger partial charge in [-0.2, -0.15) is 0 Å². The van der Waals surface area contributed by atoms with Gasteiger partial charge in [0.2, 0.25) is 11.8 Å². The van der Waals surface area contributed by atoms with Gasteiger partial charge in [-0.15, -0.1) is 0 Å². The lowest BCUT2D eigenvalue weighted by molar-refractivity contribution is -0.143. The number of carbonyl (C=O) groups excluding carboxylic acids is 3. The van der Waals surface area contributed by atoms with Gasteiger partial charge in [0.1, 0.15) is 25.0 Å². The zero-order chi connectivity index (χ0) is 26.3. The Hall–Kier alpha value is -3.65. The molecule has 0 saturated carbocycles. The van der Waals surface area contributed by atoms with Crippen LogP contribution in [0.15, 0.2) is 54.7 Å². The second-order valence-corrected chi connectivity index (χ2v) is 8.42. The van der Waals surface area contributed by atoms with E-state index >= 15 is 0 Å². The Morgan fingerprint density at radius 2 is 1.94 bits per heavy atom. The number of carbonyl (C=O) groups is 3. The molecule has 2 unspecified atom stereocenters. The number of ether oxygens (including phenoxy) is 2. The van der Waals surface area contributed by atoms with E-state index in [1.54, 1.807) is 23.1 Å². The summed E-state index contributed by atoms with van der Waals surface area (Å²) in [5.74, 6) is -0.728. The standard InChI is InChI=1S/C26H27N3O5/c1-17-5-10-22(25(31)27-17)29-14-21-20(26(29)32)3-2-4-23(21)34-15-19-8-6-18(7-9-19)13-28-11-12-33-16-24(28)30/h2-4,6-9,22H,1,5,10-16H2,(H,27,31)/i5D,10D2. The minimum Gasteiger partial charge on any atom is -0.489 e. The van der Waals surface area contributed by atoms with E-state index in [2.05, 4.69) is 11.9 Å². The SMILES string of the molecule is [2H]C1C(=C)NC(=O)C(N2Cc3c(OCc4ccc(CN5CCOCC5=O)cc4)cccc3C2=O)C1([2H])[2H]. The van der Waals surface area contributed by atoms with Crippen molar-refractivity contribution in [1.29, 1.82) is 0 Å². The van der Waals surface area contributed by atoms with Crippen LogP contribution in [0.5, 0.6) is 5.75 Å². The fraction of sp³-hybridized carbons (Fsp3) is 0.346. The van der Waals surface area contributed by atoms with Crippen molar-refractivity contribution in [2.24, 2.45) is 0 Å². The molecule has 2 atom stereocenters. The molecule has 176 valence electrons. The first kappa shape index (κ1) is 18.7. The van der Waals surface area contributed by atoms with Crippen molar-refractivity contribution < 1.29 is 28.0 Å². The zero-order valence-corrected chi connectivity index (χ0v) is 18.6. The molecular formula is C26H27N3O5. The second kappa shape index (κ2) is 9.30. The van der Waals surface area contributed by atoms with E-state index in [0.717, 1.165) is 11.1 Å². The summed E-state index contributed by atoms with van der Waals surface area (Å²) < 4.78 is 36.1. The average molecular weight is 465 g/mol. The Morgan fingerprint density at radius 1 is 1.15 bits per heavy atom. The highest BCUT2D eigenvalue weighted by atomic mass is 16.5. The van der Waals surface area contributed by atoms with E-state index < -0.39 is 30.6 Å². The number of rotatable bonds is 6. The Bertz CT molecular complexity index is 1270. The predicted octanol–water partition coefficient (Wildman–Crippen LogP) is 2.37. The lowest BCUT2D eigenvalue weighted by Gasteiger charge is -2.31. The molecule has 3 heterocycles. The number of nitrogens with one attached hydrogen (secondary N) is 1. The first-order valence-electron chi connectivity index (χ1n) is 12.7. The van der Waals surface area contributed by atoms with Crippen molar-refractivity contribution >= 4 is 17.7 Å². The largest absolute Gasteiger partial charge is 0.489 e. The van der Waals surface area contributed by atoms with Crippen molar-refractivity contribution in [2.45, 2.75) is 38.5 Å². The summed E-state index contributed by atoms with van der Waals surface area (Å²) in [7, 11) is 0. The molecule has 3 amide bonds. The normalized spacial score (nSPS) is 25.4. The fourth-order valence-electron chi connectivity index (χ4n) is 4.26. The molecule has 5 rings (SSSR count). The van der Waals surface area contributed by atoms with Gasteiger partial charge in [0, 0.05) is 34.0 Å². The van der Waals surface area contributed by atoms with Gasteiger partial charge in [0.15, 0.2) is 0 Å². The van der Waals surface area contributed by atoms with Crippen LogP contribution in [0.1, 0.15) is 43.9 Å². The van der Waals surface area contributed by atoms with Gasteiger partial charge in [-0.05, 0) is 36.0 Å². The first-order valence-corrected chi connectivity index (χ1v) is 11.1. The number of hydrogen-bond acceptors (Lipinski definition) is 5. The van der Waals surface area contributed by atoms with Crippen molar-refractivity contribution in [1.82, 2.24) is 15.1 Å². The Kier molecular flexibility index (Phi) is 5.13. The maximum Gasteiger partial charge on any atom is 0.255 e. The molecule has 0 radical (unpaired) electrons. The van der Waals surface area contributed by atoms with Crippen LogP contribution in [0.25, 0.3) is 0 Å². The molecule has 3 aliphatic rings. The molecular weight excluding hydrogens is 434 g/mol. The minimum atomic E-state index is -2.30. The third-order valence-electron chi connectivity index (χ3n) is 6.09. The number of benzene rings is 2. The van der Waals surface area contributed by atoms with Crippen LogP contribution in [0, 0.1) is 0 Å². The molecule has 0 aromatic heterocycles. The number of hydrogen-bond donors (Lipinski definition) is 1. The van der Waals surface area contributed by atoms with E-state index in [0.29, 0.717) is 36.6 Å². The lowest BCUT2D eigenvalue weighted by atomic mass is 10.0.